The average Bonchev–Trinajstić information content (AvgIpc) is 2.71. The van der Waals surface area contributed by atoms with Crippen molar-refractivity contribution in [1.29, 1.82) is 0 Å². The third kappa shape index (κ3) is 6.62. The predicted molar refractivity (Wildman–Crippen MR) is 122 cm³/mol. The molecule has 0 aliphatic rings. The third-order valence-corrected chi connectivity index (χ3v) is 7.26. The molecule has 4 nitrogen and oxygen atoms in total. The molecular weight excluding hydrogens is 440 g/mol. The second kappa shape index (κ2) is 10.2. The van der Waals surface area contributed by atoms with Crippen molar-refractivity contribution in [1.82, 2.24) is 0 Å². The summed E-state index contributed by atoms with van der Waals surface area (Å²) in [6, 6.07) is 21.6. The number of hydrogen-bond acceptors (Lipinski definition) is 4. The van der Waals surface area contributed by atoms with Gasteiger partial charge in [0.15, 0.2) is 9.84 Å². The topological polar surface area (TPSA) is 71.4 Å². The van der Waals surface area contributed by atoms with Crippen LogP contribution in [-0.4, -0.2) is 25.2 Å². The largest absolute Gasteiger partial charge is 0.478 e. The van der Waals surface area contributed by atoms with Crippen LogP contribution >= 0.6 is 23.4 Å². The quantitative estimate of drug-likeness (QED) is 0.427. The molecule has 0 aliphatic heterocycles. The first-order chi connectivity index (χ1) is 14.3. The van der Waals surface area contributed by atoms with Crippen LogP contribution in [0.5, 0.6) is 0 Å². The molecular formula is C23H21ClO4S2. The first-order valence-electron chi connectivity index (χ1n) is 9.30. The van der Waals surface area contributed by atoms with E-state index in [0.717, 1.165) is 17.1 Å². The van der Waals surface area contributed by atoms with Crippen molar-refractivity contribution >= 4 is 39.2 Å². The molecule has 0 bridgehead atoms. The van der Waals surface area contributed by atoms with Crippen molar-refractivity contribution in [2.75, 3.05) is 5.75 Å². The standard InChI is InChI=1S/C23H21ClO4S2/c24-20-9-6-18(7-10-20)15-30(27,28)16-19-8-11-21(14-22(19)23(25)26)29-13-12-17-4-2-1-3-5-17/h1-11,14H,12-13,15-16H2,(H,25,26). The van der Waals surface area contributed by atoms with Gasteiger partial charge in [-0.1, -0.05) is 60.1 Å². The molecule has 156 valence electrons. The van der Waals surface area contributed by atoms with E-state index in [1.165, 1.54) is 5.56 Å². The molecule has 0 fully saturated rings. The Bertz CT molecular complexity index is 1110. The average molecular weight is 461 g/mol. The van der Waals surface area contributed by atoms with E-state index in [4.69, 9.17) is 11.6 Å². The van der Waals surface area contributed by atoms with Gasteiger partial charge in [-0.2, -0.15) is 0 Å². The highest BCUT2D eigenvalue weighted by atomic mass is 35.5. The molecule has 0 aliphatic carbocycles. The Hall–Kier alpha value is -2.28. The molecule has 0 saturated heterocycles. The Morgan fingerprint density at radius 1 is 0.900 bits per heavy atom. The van der Waals surface area contributed by atoms with E-state index < -0.39 is 15.8 Å². The summed E-state index contributed by atoms with van der Waals surface area (Å²) in [5.41, 5.74) is 2.15. The fourth-order valence-corrected chi connectivity index (χ4v) is 5.62. The van der Waals surface area contributed by atoms with Crippen LogP contribution in [0.25, 0.3) is 0 Å². The number of carboxylic acid groups (broad SMARTS) is 1. The minimum atomic E-state index is -3.54. The van der Waals surface area contributed by atoms with Crippen molar-refractivity contribution in [2.45, 2.75) is 22.8 Å². The highest BCUT2D eigenvalue weighted by Gasteiger charge is 2.19. The Kier molecular flexibility index (Phi) is 7.58. The second-order valence-electron chi connectivity index (χ2n) is 6.87. The van der Waals surface area contributed by atoms with Gasteiger partial charge in [-0.05, 0) is 47.4 Å². The fourth-order valence-electron chi connectivity index (χ4n) is 3.02. The summed E-state index contributed by atoms with van der Waals surface area (Å²) in [6.45, 7) is 0. The molecule has 30 heavy (non-hydrogen) atoms. The van der Waals surface area contributed by atoms with Crippen molar-refractivity contribution < 1.29 is 18.3 Å². The lowest BCUT2D eigenvalue weighted by Gasteiger charge is -2.10. The van der Waals surface area contributed by atoms with Gasteiger partial charge >= 0.3 is 5.97 Å². The zero-order chi connectivity index (χ0) is 21.6. The van der Waals surface area contributed by atoms with E-state index in [2.05, 4.69) is 12.1 Å². The molecule has 0 heterocycles. The molecule has 0 atom stereocenters. The summed E-state index contributed by atoms with van der Waals surface area (Å²) >= 11 is 7.39. The van der Waals surface area contributed by atoms with Crippen LogP contribution in [0.3, 0.4) is 0 Å². The van der Waals surface area contributed by atoms with E-state index in [1.54, 1.807) is 54.2 Å². The molecule has 0 saturated carbocycles. The van der Waals surface area contributed by atoms with Crippen molar-refractivity contribution in [3.05, 3.63) is 100 Å². The Morgan fingerprint density at radius 3 is 2.27 bits per heavy atom. The van der Waals surface area contributed by atoms with Crippen molar-refractivity contribution in [2.24, 2.45) is 0 Å². The lowest BCUT2D eigenvalue weighted by Crippen LogP contribution is -2.11. The Labute approximate surface area is 185 Å². The zero-order valence-corrected chi connectivity index (χ0v) is 18.5. The zero-order valence-electron chi connectivity index (χ0n) is 16.1. The van der Waals surface area contributed by atoms with E-state index in [-0.39, 0.29) is 17.1 Å². The summed E-state index contributed by atoms with van der Waals surface area (Å²) in [6.07, 6.45) is 0.866. The molecule has 0 unspecified atom stereocenters. The van der Waals surface area contributed by atoms with Gasteiger partial charge in [0.1, 0.15) is 0 Å². The first kappa shape index (κ1) is 22.4. The molecule has 0 spiro atoms. The molecule has 3 aromatic rings. The van der Waals surface area contributed by atoms with Crippen LogP contribution in [-0.2, 0) is 27.8 Å². The second-order valence-corrected chi connectivity index (χ2v) is 10.5. The molecule has 0 aromatic heterocycles. The minimum absolute atomic E-state index is 0.0272. The predicted octanol–water partition coefficient (Wildman–Crippen LogP) is 5.49. The molecule has 3 rings (SSSR count). The maximum absolute atomic E-state index is 12.6. The summed E-state index contributed by atoms with van der Waals surface area (Å²) in [5, 5.41) is 10.1. The van der Waals surface area contributed by atoms with Crippen molar-refractivity contribution in [3.8, 4) is 0 Å². The normalized spacial score (nSPS) is 11.4. The first-order valence-corrected chi connectivity index (χ1v) is 12.5. The van der Waals surface area contributed by atoms with Gasteiger partial charge < -0.3 is 5.11 Å². The number of benzene rings is 3. The van der Waals surface area contributed by atoms with Gasteiger partial charge in [-0.25, -0.2) is 13.2 Å². The van der Waals surface area contributed by atoms with Crippen LogP contribution in [0.2, 0.25) is 5.02 Å². The van der Waals surface area contributed by atoms with Crippen LogP contribution in [0, 0.1) is 0 Å². The van der Waals surface area contributed by atoms with Gasteiger partial charge in [0.05, 0.1) is 17.1 Å². The highest BCUT2D eigenvalue weighted by molar-refractivity contribution is 7.99. The lowest BCUT2D eigenvalue weighted by atomic mass is 10.1. The molecule has 1 N–H and O–H groups in total. The monoisotopic (exact) mass is 460 g/mol. The number of aromatic carboxylic acids is 1. The number of thioether (sulfide) groups is 1. The number of aryl methyl sites for hydroxylation is 1. The molecule has 0 amide bonds. The number of carboxylic acids is 1. The minimum Gasteiger partial charge on any atom is -0.478 e. The number of carbonyl (C=O) groups is 1. The molecule has 3 aromatic carbocycles. The van der Waals surface area contributed by atoms with E-state index in [9.17, 15) is 18.3 Å². The summed E-state index contributed by atoms with van der Waals surface area (Å²) < 4.78 is 25.2. The van der Waals surface area contributed by atoms with Crippen LogP contribution in [0.1, 0.15) is 27.0 Å². The van der Waals surface area contributed by atoms with Crippen LogP contribution < -0.4 is 0 Å². The van der Waals surface area contributed by atoms with Gasteiger partial charge in [-0.15, -0.1) is 11.8 Å². The van der Waals surface area contributed by atoms with Gasteiger partial charge in [0, 0.05) is 15.7 Å². The Morgan fingerprint density at radius 2 is 1.60 bits per heavy atom. The number of hydrogen-bond donors (Lipinski definition) is 1. The fraction of sp³-hybridized carbons (Fsp3) is 0.174. The van der Waals surface area contributed by atoms with Gasteiger partial charge in [0.2, 0.25) is 0 Å². The van der Waals surface area contributed by atoms with E-state index in [1.807, 2.05) is 18.2 Å². The van der Waals surface area contributed by atoms with Crippen LogP contribution in [0.15, 0.2) is 77.7 Å². The molecule has 0 radical (unpaired) electrons. The summed E-state index contributed by atoms with van der Waals surface area (Å²) in [4.78, 5) is 12.5. The maximum Gasteiger partial charge on any atom is 0.336 e. The number of sulfone groups is 1. The number of halogens is 1. The van der Waals surface area contributed by atoms with E-state index >= 15 is 0 Å². The third-order valence-electron chi connectivity index (χ3n) is 4.49. The number of rotatable bonds is 9. The molecule has 7 heteroatoms. The van der Waals surface area contributed by atoms with Gasteiger partial charge in [-0.3, -0.25) is 0 Å². The Balaban J connectivity index is 1.69. The summed E-state index contributed by atoms with van der Waals surface area (Å²) in [7, 11) is -3.54. The maximum atomic E-state index is 12.6. The van der Waals surface area contributed by atoms with E-state index in [0.29, 0.717) is 16.1 Å². The smallest absolute Gasteiger partial charge is 0.336 e. The SMILES string of the molecule is O=C(O)c1cc(SCCc2ccccc2)ccc1CS(=O)(=O)Cc1ccc(Cl)cc1. The van der Waals surface area contributed by atoms with Crippen LogP contribution in [0.4, 0.5) is 0 Å². The highest BCUT2D eigenvalue weighted by Crippen LogP contribution is 2.25. The lowest BCUT2D eigenvalue weighted by molar-refractivity contribution is 0.0695. The summed E-state index contributed by atoms with van der Waals surface area (Å²) in [5.74, 6) is -0.822. The van der Waals surface area contributed by atoms with Crippen molar-refractivity contribution in [3.63, 3.8) is 0 Å². The van der Waals surface area contributed by atoms with Gasteiger partial charge in [0.25, 0.3) is 0 Å².